The normalized spacial score (nSPS) is 10.1. The summed E-state index contributed by atoms with van der Waals surface area (Å²) in [6.45, 7) is -0.649. The van der Waals surface area contributed by atoms with E-state index in [0.29, 0.717) is 0 Å². The highest BCUT2D eigenvalue weighted by Crippen LogP contribution is 2.19. The van der Waals surface area contributed by atoms with E-state index >= 15 is 0 Å². The van der Waals surface area contributed by atoms with Crippen molar-refractivity contribution in [3.05, 3.63) is 90.2 Å². The summed E-state index contributed by atoms with van der Waals surface area (Å²) in [5.74, 6) is -2.18. The maximum atomic E-state index is 13.5. The number of nitrogens with one attached hydrogen (secondary N) is 2. The molecular weight excluding hydrogens is 375 g/mol. The molecule has 0 aromatic heterocycles. The summed E-state index contributed by atoms with van der Waals surface area (Å²) in [4.78, 5) is 35.5. The second-order valence-corrected chi connectivity index (χ2v) is 6.00. The number of carbonyl (C=O) groups is 3. The number of para-hydroxylation sites is 1. The minimum absolute atomic E-state index is 0.0756. The van der Waals surface area contributed by atoms with Crippen molar-refractivity contribution < 1.29 is 23.5 Å². The maximum absolute atomic E-state index is 13.5. The number of anilines is 1. The van der Waals surface area contributed by atoms with Crippen molar-refractivity contribution in [2.75, 3.05) is 11.9 Å². The summed E-state index contributed by atoms with van der Waals surface area (Å²) in [5, 5.41) is 4.16. The van der Waals surface area contributed by atoms with Crippen molar-refractivity contribution in [3.8, 4) is 11.1 Å². The molecule has 0 atom stereocenters. The van der Waals surface area contributed by atoms with Crippen LogP contribution in [0.15, 0.2) is 78.9 Å². The molecule has 29 heavy (non-hydrogen) atoms. The Morgan fingerprint density at radius 1 is 0.793 bits per heavy atom. The zero-order valence-corrected chi connectivity index (χ0v) is 15.2. The monoisotopic (exact) mass is 392 g/mol. The van der Waals surface area contributed by atoms with E-state index in [1.54, 1.807) is 24.3 Å². The second-order valence-electron chi connectivity index (χ2n) is 6.00. The van der Waals surface area contributed by atoms with Crippen LogP contribution >= 0.6 is 0 Å². The fourth-order valence-corrected chi connectivity index (χ4v) is 2.52. The van der Waals surface area contributed by atoms with Gasteiger partial charge in [0.1, 0.15) is 5.82 Å². The van der Waals surface area contributed by atoms with E-state index < -0.39 is 30.3 Å². The third kappa shape index (κ3) is 5.49. The highest BCUT2D eigenvalue weighted by atomic mass is 19.1. The Bertz CT molecular complexity index is 1020. The van der Waals surface area contributed by atoms with Gasteiger partial charge in [-0.1, -0.05) is 54.6 Å². The molecular formula is C22H17FN2O4. The van der Waals surface area contributed by atoms with Gasteiger partial charge >= 0.3 is 12.0 Å². The smallest absolute Gasteiger partial charge is 0.338 e. The van der Waals surface area contributed by atoms with Crippen LogP contribution in [0.4, 0.5) is 14.9 Å². The number of amides is 3. The van der Waals surface area contributed by atoms with Gasteiger partial charge in [-0.15, -0.1) is 0 Å². The van der Waals surface area contributed by atoms with E-state index in [1.165, 1.54) is 24.3 Å². The summed E-state index contributed by atoms with van der Waals surface area (Å²) in [7, 11) is 0. The van der Waals surface area contributed by atoms with Gasteiger partial charge in [-0.25, -0.2) is 14.0 Å². The fraction of sp³-hybridized carbons (Fsp3) is 0.0455. The van der Waals surface area contributed by atoms with Gasteiger partial charge in [0.05, 0.1) is 11.3 Å². The van der Waals surface area contributed by atoms with Crippen LogP contribution in [0.25, 0.3) is 11.1 Å². The number of benzene rings is 3. The molecule has 3 amide bonds. The molecule has 0 aliphatic heterocycles. The number of hydrogen-bond acceptors (Lipinski definition) is 4. The summed E-state index contributed by atoms with van der Waals surface area (Å²) < 4.78 is 18.4. The molecule has 3 aromatic carbocycles. The fourth-order valence-electron chi connectivity index (χ4n) is 2.52. The van der Waals surface area contributed by atoms with Gasteiger partial charge in [-0.05, 0) is 35.4 Å². The number of esters is 1. The van der Waals surface area contributed by atoms with Crippen LogP contribution < -0.4 is 10.6 Å². The van der Waals surface area contributed by atoms with Gasteiger partial charge in [0, 0.05) is 0 Å². The van der Waals surface area contributed by atoms with Crippen molar-refractivity contribution in [2.45, 2.75) is 0 Å². The van der Waals surface area contributed by atoms with E-state index in [0.717, 1.165) is 11.1 Å². The minimum atomic E-state index is -0.927. The number of halogens is 1. The molecule has 0 fully saturated rings. The number of hydrogen-bond donors (Lipinski definition) is 2. The quantitative estimate of drug-likeness (QED) is 0.643. The number of ether oxygens (including phenoxy) is 1. The predicted octanol–water partition coefficient (Wildman–Crippen LogP) is 4.00. The molecule has 0 saturated carbocycles. The van der Waals surface area contributed by atoms with Crippen LogP contribution in [0.2, 0.25) is 0 Å². The Morgan fingerprint density at radius 2 is 1.41 bits per heavy atom. The van der Waals surface area contributed by atoms with Crippen molar-refractivity contribution in [3.63, 3.8) is 0 Å². The molecule has 146 valence electrons. The topological polar surface area (TPSA) is 84.5 Å². The standard InChI is InChI=1S/C22H17FN2O4/c23-18-8-4-5-9-19(18)24-22(28)25-20(26)14-29-21(27)17-12-10-16(11-13-17)15-6-2-1-3-7-15/h1-13H,14H2,(H2,24,25,26,28). The van der Waals surface area contributed by atoms with Crippen LogP contribution in [-0.4, -0.2) is 24.5 Å². The first kappa shape index (κ1) is 19.8. The van der Waals surface area contributed by atoms with Crippen LogP contribution in [0.3, 0.4) is 0 Å². The molecule has 2 N–H and O–H groups in total. The Kier molecular flexibility index (Phi) is 6.32. The SMILES string of the molecule is O=C(COC(=O)c1ccc(-c2ccccc2)cc1)NC(=O)Nc1ccccc1F. The minimum Gasteiger partial charge on any atom is -0.452 e. The zero-order valence-electron chi connectivity index (χ0n) is 15.2. The lowest BCUT2D eigenvalue weighted by atomic mass is 10.0. The molecule has 0 bridgehead atoms. The lowest BCUT2D eigenvalue weighted by molar-refractivity contribution is -0.123. The lowest BCUT2D eigenvalue weighted by Gasteiger charge is -2.08. The molecule has 3 rings (SSSR count). The molecule has 0 aliphatic carbocycles. The molecule has 3 aromatic rings. The molecule has 0 heterocycles. The number of imide groups is 1. The molecule has 0 saturated heterocycles. The Morgan fingerprint density at radius 3 is 2.10 bits per heavy atom. The van der Waals surface area contributed by atoms with Crippen molar-refractivity contribution in [1.29, 1.82) is 0 Å². The van der Waals surface area contributed by atoms with Crippen LogP contribution in [0.1, 0.15) is 10.4 Å². The average Bonchev–Trinajstić information content (AvgIpc) is 2.74. The Balaban J connectivity index is 1.49. The summed E-state index contributed by atoms with van der Waals surface area (Å²) in [6, 6.07) is 21.0. The third-order valence-electron chi connectivity index (χ3n) is 3.94. The highest BCUT2D eigenvalue weighted by Gasteiger charge is 2.13. The van der Waals surface area contributed by atoms with Gasteiger partial charge < -0.3 is 10.1 Å². The summed E-state index contributed by atoms with van der Waals surface area (Å²) in [6.07, 6.45) is 0. The maximum Gasteiger partial charge on any atom is 0.338 e. The van der Waals surface area contributed by atoms with Crippen LogP contribution in [0.5, 0.6) is 0 Å². The van der Waals surface area contributed by atoms with Gasteiger partial charge in [-0.2, -0.15) is 0 Å². The van der Waals surface area contributed by atoms with E-state index in [1.807, 2.05) is 35.6 Å². The van der Waals surface area contributed by atoms with E-state index in [2.05, 4.69) is 5.32 Å². The van der Waals surface area contributed by atoms with E-state index in [4.69, 9.17) is 4.74 Å². The highest BCUT2D eigenvalue weighted by molar-refractivity contribution is 6.02. The second kappa shape index (κ2) is 9.27. The lowest BCUT2D eigenvalue weighted by Crippen LogP contribution is -2.37. The van der Waals surface area contributed by atoms with Crippen molar-refractivity contribution in [2.24, 2.45) is 0 Å². The summed E-state index contributed by atoms with van der Waals surface area (Å²) >= 11 is 0. The van der Waals surface area contributed by atoms with Gasteiger partial charge in [0.25, 0.3) is 5.91 Å². The van der Waals surface area contributed by atoms with Crippen LogP contribution in [0, 0.1) is 5.82 Å². The molecule has 0 spiro atoms. The molecule has 0 aliphatic rings. The zero-order chi connectivity index (χ0) is 20.6. The number of urea groups is 1. The van der Waals surface area contributed by atoms with E-state index in [9.17, 15) is 18.8 Å². The first-order chi connectivity index (χ1) is 14.0. The number of rotatable bonds is 5. The first-order valence-corrected chi connectivity index (χ1v) is 8.71. The number of carbonyl (C=O) groups excluding carboxylic acids is 3. The molecule has 0 radical (unpaired) electrons. The molecule has 6 nitrogen and oxygen atoms in total. The van der Waals surface area contributed by atoms with Gasteiger partial charge in [0.15, 0.2) is 6.61 Å². The van der Waals surface area contributed by atoms with Gasteiger partial charge in [0.2, 0.25) is 0 Å². The summed E-state index contributed by atoms with van der Waals surface area (Å²) in [5.41, 5.74) is 2.14. The van der Waals surface area contributed by atoms with Crippen molar-refractivity contribution >= 4 is 23.6 Å². The Labute approximate surface area is 166 Å². The predicted molar refractivity (Wildman–Crippen MR) is 106 cm³/mol. The Hall–Kier alpha value is -4.00. The molecule has 0 unspecified atom stereocenters. The third-order valence-corrected chi connectivity index (χ3v) is 3.94. The van der Waals surface area contributed by atoms with Crippen molar-refractivity contribution in [1.82, 2.24) is 5.32 Å². The molecule has 7 heteroatoms. The van der Waals surface area contributed by atoms with Gasteiger partial charge in [-0.3, -0.25) is 10.1 Å². The van der Waals surface area contributed by atoms with Crippen LogP contribution in [-0.2, 0) is 9.53 Å². The average molecular weight is 392 g/mol. The largest absolute Gasteiger partial charge is 0.452 e. The first-order valence-electron chi connectivity index (χ1n) is 8.71. The van der Waals surface area contributed by atoms with E-state index in [-0.39, 0.29) is 11.3 Å².